The molecule has 4 N–H and O–H groups in total. The van der Waals surface area contributed by atoms with Gasteiger partial charge in [-0.25, -0.2) is 9.78 Å². The Morgan fingerprint density at radius 2 is 2.17 bits per heavy atom. The fourth-order valence-electron chi connectivity index (χ4n) is 1.56. The molecule has 1 atom stereocenters. The molecule has 0 aliphatic carbocycles. The van der Waals surface area contributed by atoms with Gasteiger partial charge in [-0.2, -0.15) is 0 Å². The number of nitrogens with zero attached hydrogens (tertiary/aromatic N) is 1. The van der Waals surface area contributed by atoms with Gasteiger partial charge in [0.2, 0.25) is 0 Å². The van der Waals surface area contributed by atoms with Crippen molar-refractivity contribution in [2.45, 2.75) is 6.04 Å². The van der Waals surface area contributed by atoms with Crippen molar-refractivity contribution in [3.63, 3.8) is 0 Å². The van der Waals surface area contributed by atoms with Crippen LogP contribution in [-0.4, -0.2) is 16.1 Å². The molecule has 0 saturated carbocycles. The van der Waals surface area contributed by atoms with Crippen LogP contribution in [0.1, 0.15) is 11.6 Å². The van der Waals surface area contributed by atoms with Crippen LogP contribution in [0.2, 0.25) is 5.15 Å². The second-order valence-corrected chi connectivity index (χ2v) is 4.42. The number of nitrogens with two attached hydrogens (primary N) is 1. The lowest BCUT2D eigenvalue weighted by Gasteiger charge is -2.23. The Balaban J connectivity index is 2.34. The maximum Gasteiger partial charge on any atom is 0.353 e. The van der Waals surface area contributed by atoms with Crippen LogP contribution in [0.4, 0.5) is 0 Å². The van der Waals surface area contributed by atoms with Crippen molar-refractivity contribution in [2.24, 2.45) is 5.73 Å². The average molecular weight is 286 g/mol. The molecule has 5 nitrogen and oxygen atoms in total. The smallest absolute Gasteiger partial charge is 0.353 e. The minimum absolute atomic E-state index is 0.000623. The van der Waals surface area contributed by atoms with Gasteiger partial charge in [-0.15, -0.1) is 0 Å². The molecule has 0 radical (unpaired) electrons. The number of nitrogens with one attached hydrogen (secondary N) is 1. The summed E-state index contributed by atoms with van der Waals surface area (Å²) in [5.41, 5.74) is 6.51. The Kier molecular flexibility index (Phi) is 3.45. The summed E-state index contributed by atoms with van der Waals surface area (Å²) < 4.78 is 0. The minimum Gasteiger partial charge on any atom is -0.477 e. The van der Waals surface area contributed by atoms with Gasteiger partial charge < -0.3 is 16.2 Å². The van der Waals surface area contributed by atoms with Gasteiger partial charge in [-0.05, 0) is 17.7 Å². The molecule has 2 rings (SSSR count). The van der Waals surface area contributed by atoms with Gasteiger partial charge in [-0.3, -0.25) is 0 Å². The summed E-state index contributed by atoms with van der Waals surface area (Å²) in [4.78, 5) is 14.9. The Labute approximate surface area is 113 Å². The van der Waals surface area contributed by atoms with Crippen molar-refractivity contribution < 1.29 is 9.90 Å². The summed E-state index contributed by atoms with van der Waals surface area (Å²) in [5, 5.41) is 12.1. The third-order valence-electron chi connectivity index (χ3n) is 2.44. The second kappa shape index (κ2) is 4.88. The summed E-state index contributed by atoms with van der Waals surface area (Å²) in [6.07, 6.45) is 3.17. The van der Waals surface area contributed by atoms with Gasteiger partial charge in [0.05, 0.1) is 16.8 Å². The number of pyridine rings is 1. The fraction of sp³-hybridized carbons (Fsp3) is 0.0909. The maximum atomic E-state index is 11.0. The van der Waals surface area contributed by atoms with E-state index in [1.807, 2.05) is 0 Å². The third kappa shape index (κ3) is 2.42. The van der Waals surface area contributed by atoms with E-state index in [0.29, 0.717) is 5.15 Å². The van der Waals surface area contributed by atoms with Gasteiger partial charge in [0.25, 0.3) is 0 Å². The molecule has 2 heterocycles. The minimum atomic E-state index is -1.16. The largest absolute Gasteiger partial charge is 0.477 e. The van der Waals surface area contributed by atoms with E-state index < -0.39 is 12.0 Å². The summed E-state index contributed by atoms with van der Waals surface area (Å²) in [6, 6.07) is 2.95. The Bertz CT molecular complexity index is 552. The molecule has 1 aromatic rings. The highest BCUT2D eigenvalue weighted by Gasteiger charge is 2.24. The Morgan fingerprint density at radius 3 is 2.72 bits per heavy atom. The number of hydrogen-bond acceptors (Lipinski definition) is 4. The summed E-state index contributed by atoms with van der Waals surface area (Å²) in [6.45, 7) is 0. The number of carboxylic acid groups (broad SMARTS) is 1. The zero-order valence-corrected chi connectivity index (χ0v) is 10.5. The number of carbonyl (C=O) groups is 1. The number of allylic oxidation sites excluding steroid dienone is 1. The van der Waals surface area contributed by atoms with Crippen LogP contribution in [0.25, 0.3) is 0 Å². The van der Waals surface area contributed by atoms with Crippen molar-refractivity contribution in [2.75, 3.05) is 0 Å². The molecule has 1 aromatic heterocycles. The van der Waals surface area contributed by atoms with Gasteiger partial charge in [-0.1, -0.05) is 29.3 Å². The fourth-order valence-corrected chi connectivity index (χ4v) is 1.87. The van der Waals surface area contributed by atoms with E-state index in [1.54, 1.807) is 24.4 Å². The van der Waals surface area contributed by atoms with Crippen LogP contribution in [0.5, 0.6) is 0 Å². The molecule has 7 heteroatoms. The summed E-state index contributed by atoms with van der Waals surface area (Å²) in [5.74, 6) is -1.16. The highest BCUT2D eigenvalue weighted by Crippen LogP contribution is 2.27. The monoisotopic (exact) mass is 285 g/mol. The maximum absolute atomic E-state index is 11.0. The molecule has 1 unspecified atom stereocenters. The quantitative estimate of drug-likeness (QED) is 0.721. The van der Waals surface area contributed by atoms with E-state index in [2.05, 4.69) is 10.3 Å². The van der Waals surface area contributed by atoms with E-state index >= 15 is 0 Å². The van der Waals surface area contributed by atoms with Crippen LogP contribution in [0, 0.1) is 0 Å². The first-order valence-corrected chi connectivity index (χ1v) is 5.73. The normalized spacial score (nSPS) is 19.2. The van der Waals surface area contributed by atoms with Gasteiger partial charge >= 0.3 is 5.97 Å². The first-order chi connectivity index (χ1) is 8.49. The molecular weight excluding hydrogens is 277 g/mol. The first-order valence-electron chi connectivity index (χ1n) is 4.97. The van der Waals surface area contributed by atoms with E-state index in [4.69, 9.17) is 34.0 Å². The topological polar surface area (TPSA) is 88.2 Å². The number of aliphatic carboxylic acids is 1. The molecule has 1 aliphatic heterocycles. The predicted octanol–water partition coefficient (Wildman–Crippen LogP) is 1.76. The van der Waals surface area contributed by atoms with E-state index in [9.17, 15) is 4.79 Å². The zero-order valence-electron chi connectivity index (χ0n) is 9.02. The van der Waals surface area contributed by atoms with E-state index in [1.165, 1.54) is 0 Å². The molecule has 0 aromatic carbocycles. The van der Waals surface area contributed by atoms with E-state index in [0.717, 1.165) is 5.56 Å². The molecule has 94 valence electrons. The standard InChI is InChI=1S/C11H9Cl2N3O2/c12-8-2-1-5(4-15-8)7-3-6(14)9(13)10(16-7)11(17)18/h1-4,7,16H,14H2,(H,17,18). The number of dihydropyridines is 1. The lowest BCUT2D eigenvalue weighted by Crippen LogP contribution is -2.30. The van der Waals surface area contributed by atoms with Gasteiger partial charge in [0, 0.05) is 6.20 Å². The van der Waals surface area contributed by atoms with Crippen LogP contribution in [-0.2, 0) is 4.79 Å². The molecular formula is C11H9Cl2N3O2. The number of rotatable bonds is 2. The predicted molar refractivity (Wildman–Crippen MR) is 67.9 cm³/mol. The zero-order chi connectivity index (χ0) is 13.3. The lowest BCUT2D eigenvalue weighted by atomic mass is 10.0. The Morgan fingerprint density at radius 1 is 1.44 bits per heavy atom. The van der Waals surface area contributed by atoms with Crippen molar-refractivity contribution >= 4 is 29.2 Å². The summed E-state index contributed by atoms with van der Waals surface area (Å²) in [7, 11) is 0. The molecule has 18 heavy (non-hydrogen) atoms. The van der Waals surface area contributed by atoms with Crippen LogP contribution in [0.3, 0.4) is 0 Å². The molecule has 0 amide bonds. The molecule has 0 spiro atoms. The molecule has 0 saturated heterocycles. The first kappa shape index (κ1) is 12.7. The second-order valence-electron chi connectivity index (χ2n) is 3.65. The van der Waals surface area contributed by atoms with Crippen molar-refractivity contribution in [1.82, 2.24) is 10.3 Å². The molecule has 0 fully saturated rings. The van der Waals surface area contributed by atoms with Crippen LogP contribution >= 0.6 is 23.2 Å². The molecule has 1 aliphatic rings. The number of hydrogen-bond donors (Lipinski definition) is 3. The SMILES string of the molecule is NC1=CC(c2ccc(Cl)nc2)NC(C(=O)O)=C1Cl. The van der Waals surface area contributed by atoms with Crippen LogP contribution in [0.15, 0.2) is 40.8 Å². The highest BCUT2D eigenvalue weighted by atomic mass is 35.5. The van der Waals surface area contributed by atoms with Crippen molar-refractivity contribution in [3.05, 3.63) is 51.5 Å². The van der Waals surface area contributed by atoms with Gasteiger partial charge in [0.15, 0.2) is 0 Å². The van der Waals surface area contributed by atoms with Crippen LogP contribution < -0.4 is 11.1 Å². The summed E-state index contributed by atoms with van der Waals surface area (Å²) >= 11 is 11.5. The van der Waals surface area contributed by atoms with Gasteiger partial charge in [0.1, 0.15) is 10.9 Å². The number of aromatic nitrogens is 1. The Hall–Kier alpha value is -1.72. The van der Waals surface area contributed by atoms with Crippen molar-refractivity contribution in [1.29, 1.82) is 0 Å². The number of carboxylic acids is 1. The number of halogens is 2. The van der Waals surface area contributed by atoms with E-state index in [-0.39, 0.29) is 16.4 Å². The van der Waals surface area contributed by atoms with Crippen molar-refractivity contribution in [3.8, 4) is 0 Å². The third-order valence-corrected chi connectivity index (χ3v) is 3.07. The highest BCUT2D eigenvalue weighted by molar-refractivity contribution is 6.34. The lowest BCUT2D eigenvalue weighted by molar-refractivity contribution is -0.133. The average Bonchev–Trinajstić information content (AvgIpc) is 2.33. The molecule has 0 bridgehead atoms.